The Hall–Kier alpha value is -1.93. The van der Waals surface area contributed by atoms with E-state index in [9.17, 15) is 8.78 Å². The monoisotopic (exact) mass is 501 g/mol. The highest BCUT2D eigenvalue weighted by atomic mass is 19.1. The molecule has 2 aliphatic rings. The number of benzene rings is 1. The summed E-state index contributed by atoms with van der Waals surface area (Å²) in [4.78, 5) is 14.0. The Morgan fingerprint density at radius 3 is 1.75 bits per heavy atom. The zero-order valence-corrected chi connectivity index (χ0v) is 23.1. The van der Waals surface area contributed by atoms with Crippen LogP contribution in [0.25, 0.3) is 0 Å². The molecule has 0 atom stereocenters. The zero-order valence-electron chi connectivity index (χ0n) is 23.1. The maximum Gasteiger partial charge on any atom is 0.144 e. The van der Waals surface area contributed by atoms with E-state index in [0.29, 0.717) is 5.69 Å². The van der Waals surface area contributed by atoms with Gasteiger partial charge in [-0.25, -0.2) is 8.78 Å². The molecule has 7 heteroatoms. The lowest BCUT2D eigenvalue weighted by Crippen LogP contribution is -2.44. The number of aromatic nitrogens is 1. The molecule has 2 fully saturated rings. The Kier molecular flexibility index (Phi) is 10.8. The molecule has 1 aromatic carbocycles. The minimum atomic E-state index is -0.188. The number of nitrogens with zero attached hydrogens (tertiary/aromatic N) is 5. The van der Waals surface area contributed by atoms with Gasteiger partial charge in [-0.05, 0) is 55.3 Å². The second-order valence-electron chi connectivity index (χ2n) is 11.0. The van der Waals surface area contributed by atoms with Crippen LogP contribution < -0.4 is 0 Å². The summed E-state index contributed by atoms with van der Waals surface area (Å²) in [6.45, 7) is 18.6. The number of pyridine rings is 1. The number of hydrogen-bond donors (Lipinski definition) is 0. The van der Waals surface area contributed by atoms with E-state index in [-0.39, 0.29) is 23.5 Å². The van der Waals surface area contributed by atoms with E-state index in [0.717, 1.165) is 76.7 Å². The van der Waals surface area contributed by atoms with Crippen LogP contribution in [0.3, 0.4) is 0 Å². The number of piperazine rings is 2. The molecular formula is C29H45F2N5. The standard InChI is InChI=1S/C15H23FN2.C14H22FN3/c1-12(2)14-10-13(4-5-15(14)16)11-18-8-6-17(3)7-9-18;1-11(2)14-13(15)5-4-12(16-14)10-18-8-6-17(3)7-9-18/h4-5,10,12H,6-9,11H2,1-3H3;4-5,11H,6-10H2,1-3H3. The summed E-state index contributed by atoms with van der Waals surface area (Å²) in [6, 6.07) is 8.91. The first kappa shape index (κ1) is 28.6. The van der Waals surface area contributed by atoms with Gasteiger partial charge in [0.2, 0.25) is 0 Å². The van der Waals surface area contributed by atoms with Crippen LogP contribution >= 0.6 is 0 Å². The Balaban J connectivity index is 0.000000201. The van der Waals surface area contributed by atoms with Crippen molar-refractivity contribution in [2.75, 3.05) is 66.5 Å². The maximum atomic E-state index is 13.6. The van der Waals surface area contributed by atoms with E-state index in [2.05, 4.69) is 38.7 Å². The van der Waals surface area contributed by atoms with Crippen molar-refractivity contribution in [3.63, 3.8) is 0 Å². The molecule has 2 aliphatic heterocycles. The minimum absolute atomic E-state index is 0.0767. The van der Waals surface area contributed by atoms with Crippen LogP contribution in [-0.4, -0.2) is 91.0 Å². The normalized spacial score (nSPS) is 18.5. The molecule has 0 unspecified atom stereocenters. The molecule has 3 heterocycles. The molecule has 0 saturated carbocycles. The zero-order chi connectivity index (χ0) is 26.2. The van der Waals surface area contributed by atoms with E-state index in [1.165, 1.54) is 5.56 Å². The largest absolute Gasteiger partial charge is 0.304 e. The molecule has 2 saturated heterocycles. The van der Waals surface area contributed by atoms with E-state index < -0.39 is 0 Å². The molecule has 0 N–H and O–H groups in total. The van der Waals surface area contributed by atoms with Gasteiger partial charge in [-0.1, -0.05) is 39.8 Å². The first-order chi connectivity index (χ1) is 17.1. The van der Waals surface area contributed by atoms with E-state index in [1.807, 2.05) is 39.8 Å². The molecule has 2 aromatic rings. The van der Waals surface area contributed by atoms with Crippen LogP contribution in [0.2, 0.25) is 0 Å². The Morgan fingerprint density at radius 2 is 1.22 bits per heavy atom. The molecule has 0 bridgehead atoms. The smallest absolute Gasteiger partial charge is 0.144 e. The third-order valence-corrected chi connectivity index (χ3v) is 7.14. The summed E-state index contributed by atoms with van der Waals surface area (Å²) in [5.74, 6) is 0.120. The van der Waals surface area contributed by atoms with E-state index in [4.69, 9.17) is 0 Å². The molecule has 0 radical (unpaired) electrons. The van der Waals surface area contributed by atoms with Crippen molar-refractivity contribution in [2.45, 2.75) is 52.6 Å². The molecule has 4 rings (SSSR count). The van der Waals surface area contributed by atoms with Crippen molar-refractivity contribution < 1.29 is 8.78 Å². The average molecular weight is 502 g/mol. The van der Waals surface area contributed by atoms with Gasteiger partial charge in [0.05, 0.1) is 11.4 Å². The van der Waals surface area contributed by atoms with Crippen LogP contribution in [0.15, 0.2) is 30.3 Å². The lowest BCUT2D eigenvalue weighted by molar-refractivity contribution is 0.146. The lowest BCUT2D eigenvalue weighted by atomic mass is 10.00. The summed E-state index contributed by atoms with van der Waals surface area (Å²) < 4.78 is 27.2. The highest BCUT2D eigenvalue weighted by molar-refractivity contribution is 5.27. The number of rotatable bonds is 6. The lowest BCUT2D eigenvalue weighted by Gasteiger charge is -2.32. The van der Waals surface area contributed by atoms with Gasteiger partial charge >= 0.3 is 0 Å². The van der Waals surface area contributed by atoms with Crippen LogP contribution in [0, 0.1) is 11.6 Å². The third-order valence-electron chi connectivity index (χ3n) is 7.14. The summed E-state index contributed by atoms with van der Waals surface area (Å²) in [5.41, 5.74) is 3.62. The molecule has 0 amide bonds. The van der Waals surface area contributed by atoms with Crippen molar-refractivity contribution in [1.82, 2.24) is 24.6 Å². The van der Waals surface area contributed by atoms with Crippen molar-refractivity contribution in [3.8, 4) is 0 Å². The average Bonchev–Trinajstić information content (AvgIpc) is 2.84. The van der Waals surface area contributed by atoms with E-state index in [1.54, 1.807) is 18.2 Å². The fourth-order valence-electron chi connectivity index (χ4n) is 4.63. The van der Waals surface area contributed by atoms with Crippen molar-refractivity contribution >= 4 is 0 Å². The first-order valence-corrected chi connectivity index (χ1v) is 13.4. The third kappa shape index (κ3) is 8.58. The van der Waals surface area contributed by atoms with Gasteiger partial charge in [0.25, 0.3) is 0 Å². The van der Waals surface area contributed by atoms with Crippen LogP contribution in [0.4, 0.5) is 8.78 Å². The maximum absolute atomic E-state index is 13.6. The number of halogens is 2. The molecule has 200 valence electrons. The van der Waals surface area contributed by atoms with E-state index >= 15 is 0 Å². The van der Waals surface area contributed by atoms with Gasteiger partial charge < -0.3 is 9.80 Å². The Labute approximate surface area is 217 Å². The van der Waals surface area contributed by atoms with Crippen LogP contribution in [0.1, 0.15) is 62.0 Å². The first-order valence-electron chi connectivity index (χ1n) is 13.4. The van der Waals surface area contributed by atoms with Gasteiger partial charge in [-0.3, -0.25) is 14.8 Å². The van der Waals surface area contributed by atoms with Gasteiger partial charge in [-0.15, -0.1) is 0 Å². The van der Waals surface area contributed by atoms with Crippen LogP contribution in [0.5, 0.6) is 0 Å². The summed E-state index contributed by atoms with van der Waals surface area (Å²) in [5, 5.41) is 0. The fraction of sp³-hybridized carbons (Fsp3) is 0.621. The summed E-state index contributed by atoms with van der Waals surface area (Å²) in [7, 11) is 4.30. The summed E-state index contributed by atoms with van der Waals surface area (Å²) in [6.07, 6.45) is 0. The predicted molar refractivity (Wildman–Crippen MR) is 144 cm³/mol. The molecule has 0 spiro atoms. The highest BCUT2D eigenvalue weighted by Gasteiger charge is 2.17. The topological polar surface area (TPSA) is 25.9 Å². The van der Waals surface area contributed by atoms with Crippen molar-refractivity contribution in [1.29, 1.82) is 0 Å². The molecular weight excluding hydrogens is 456 g/mol. The summed E-state index contributed by atoms with van der Waals surface area (Å²) >= 11 is 0. The predicted octanol–water partition coefficient (Wildman–Crippen LogP) is 4.79. The quantitative estimate of drug-likeness (QED) is 0.567. The fourth-order valence-corrected chi connectivity index (χ4v) is 4.63. The SMILES string of the molecule is CC(C)c1cc(CN2CCN(C)CC2)ccc1F.CC(C)c1nc(CN2CCN(C)CC2)ccc1F. The van der Waals surface area contributed by atoms with Gasteiger partial charge in [0, 0.05) is 65.4 Å². The van der Waals surface area contributed by atoms with Gasteiger partial charge in [-0.2, -0.15) is 0 Å². The Morgan fingerprint density at radius 1 is 0.694 bits per heavy atom. The highest BCUT2D eigenvalue weighted by Crippen LogP contribution is 2.21. The second-order valence-corrected chi connectivity index (χ2v) is 11.0. The van der Waals surface area contributed by atoms with Gasteiger partial charge in [0.1, 0.15) is 11.6 Å². The molecule has 1 aromatic heterocycles. The van der Waals surface area contributed by atoms with Gasteiger partial charge in [0.15, 0.2) is 0 Å². The second kappa shape index (κ2) is 13.6. The minimum Gasteiger partial charge on any atom is -0.304 e. The Bertz CT molecular complexity index is 871. The number of hydrogen-bond acceptors (Lipinski definition) is 5. The molecule has 5 nitrogen and oxygen atoms in total. The molecule has 36 heavy (non-hydrogen) atoms. The van der Waals surface area contributed by atoms with Crippen LogP contribution in [-0.2, 0) is 13.1 Å². The van der Waals surface area contributed by atoms with Crippen molar-refractivity contribution in [3.05, 3.63) is 64.5 Å². The number of likely N-dealkylation sites (N-methyl/N-ethyl adjacent to an activating group) is 2. The van der Waals surface area contributed by atoms with Crippen molar-refractivity contribution in [2.24, 2.45) is 0 Å². The molecule has 0 aliphatic carbocycles.